The molecule has 8 heteroatoms. The monoisotopic (exact) mass is 475 g/mol. The summed E-state index contributed by atoms with van der Waals surface area (Å²) in [4.78, 5) is 21.8. The summed E-state index contributed by atoms with van der Waals surface area (Å²) >= 11 is 0. The number of carbonyl (C=O) groups is 1. The zero-order valence-electron chi connectivity index (χ0n) is 19.6. The fraction of sp³-hybridized carbons (Fsp3) is 0.222. The summed E-state index contributed by atoms with van der Waals surface area (Å²) in [5, 5.41) is 3.52. The Morgan fingerprint density at radius 2 is 1.69 bits per heavy atom. The lowest BCUT2D eigenvalue weighted by Gasteiger charge is -2.14. The summed E-state index contributed by atoms with van der Waals surface area (Å²) in [6, 6.07) is 15.8. The Balaban J connectivity index is 1.64. The summed E-state index contributed by atoms with van der Waals surface area (Å²) < 4.78 is 29.6. The molecule has 0 aliphatic heterocycles. The lowest BCUT2D eigenvalue weighted by molar-refractivity contribution is 0.0927. The summed E-state index contributed by atoms with van der Waals surface area (Å²) in [7, 11) is 3.18. The number of ether oxygens (including phenoxy) is 3. The van der Waals surface area contributed by atoms with Crippen molar-refractivity contribution in [2.24, 2.45) is 0 Å². The van der Waals surface area contributed by atoms with E-state index in [0.717, 1.165) is 27.8 Å². The molecule has 0 fully saturated rings. The molecular formula is C27H26FN3O4. The second-order valence-electron chi connectivity index (χ2n) is 7.91. The fourth-order valence-electron chi connectivity index (χ4n) is 3.58. The maximum absolute atomic E-state index is 13.2. The standard InChI is InChI=1S/C27H26FN3O4/c1-33-12-11-29-27(32)25-26(35-17-19-5-9-23(34-2)10-6-19)24-21(16-31-25)14-20(15-30-24)13-18-3-7-22(28)8-4-18/h3-10,14-16H,11-13,17H2,1-2H3,(H,29,32). The van der Waals surface area contributed by atoms with Crippen molar-refractivity contribution in [2.75, 3.05) is 27.4 Å². The van der Waals surface area contributed by atoms with Crippen molar-refractivity contribution in [3.63, 3.8) is 0 Å². The molecule has 0 unspecified atom stereocenters. The molecule has 2 aromatic carbocycles. The first-order chi connectivity index (χ1) is 17.1. The molecule has 2 heterocycles. The number of nitrogens with one attached hydrogen (secondary N) is 1. The van der Waals surface area contributed by atoms with E-state index in [9.17, 15) is 9.18 Å². The van der Waals surface area contributed by atoms with E-state index in [1.54, 1.807) is 38.7 Å². The van der Waals surface area contributed by atoms with Gasteiger partial charge in [0.15, 0.2) is 11.4 Å². The SMILES string of the molecule is COCCNC(=O)c1ncc2cc(Cc3ccc(F)cc3)cnc2c1OCc1ccc(OC)cc1. The van der Waals surface area contributed by atoms with Crippen LogP contribution in [-0.2, 0) is 17.8 Å². The number of rotatable bonds is 10. The van der Waals surface area contributed by atoms with Gasteiger partial charge in [-0.05, 0) is 53.4 Å². The Morgan fingerprint density at radius 1 is 0.943 bits per heavy atom. The van der Waals surface area contributed by atoms with Crippen LogP contribution in [-0.4, -0.2) is 43.2 Å². The maximum atomic E-state index is 13.2. The normalized spacial score (nSPS) is 10.8. The molecule has 35 heavy (non-hydrogen) atoms. The number of amides is 1. The molecule has 4 rings (SSSR count). The largest absolute Gasteiger partial charge is 0.497 e. The van der Waals surface area contributed by atoms with Crippen LogP contribution in [0.1, 0.15) is 27.2 Å². The molecule has 0 saturated heterocycles. The molecule has 1 N–H and O–H groups in total. The Labute approximate surface area is 202 Å². The Kier molecular flexibility index (Phi) is 7.84. The highest BCUT2D eigenvalue weighted by molar-refractivity contribution is 6.00. The average Bonchev–Trinajstić information content (AvgIpc) is 2.88. The number of fused-ring (bicyclic) bond motifs is 1. The zero-order valence-corrected chi connectivity index (χ0v) is 19.6. The molecule has 0 aliphatic carbocycles. The molecule has 0 bridgehead atoms. The first-order valence-electron chi connectivity index (χ1n) is 11.1. The predicted molar refractivity (Wildman–Crippen MR) is 130 cm³/mol. The number of halogens is 1. The highest BCUT2D eigenvalue weighted by Gasteiger charge is 2.19. The number of benzene rings is 2. The molecule has 0 atom stereocenters. The second-order valence-corrected chi connectivity index (χ2v) is 7.91. The first kappa shape index (κ1) is 24.1. The Morgan fingerprint density at radius 3 is 2.40 bits per heavy atom. The highest BCUT2D eigenvalue weighted by Crippen LogP contribution is 2.29. The molecule has 4 aromatic rings. The summed E-state index contributed by atoms with van der Waals surface area (Å²) in [6.07, 6.45) is 3.94. The van der Waals surface area contributed by atoms with Crippen LogP contribution >= 0.6 is 0 Å². The van der Waals surface area contributed by atoms with E-state index in [1.165, 1.54) is 12.1 Å². The molecule has 0 spiro atoms. The molecule has 180 valence electrons. The van der Waals surface area contributed by atoms with Gasteiger partial charge in [0.05, 0.1) is 13.7 Å². The summed E-state index contributed by atoms with van der Waals surface area (Å²) in [5.41, 5.74) is 3.49. The minimum Gasteiger partial charge on any atom is -0.497 e. The van der Waals surface area contributed by atoms with Crippen LogP contribution in [0.5, 0.6) is 11.5 Å². The predicted octanol–water partition coefficient (Wildman–Crippen LogP) is 4.32. The van der Waals surface area contributed by atoms with E-state index in [-0.39, 0.29) is 24.0 Å². The second kappa shape index (κ2) is 11.4. The molecule has 1 amide bonds. The number of pyridine rings is 2. The van der Waals surface area contributed by atoms with E-state index in [4.69, 9.17) is 14.2 Å². The van der Waals surface area contributed by atoms with Crippen molar-refractivity contribution >= 4 is 16.8 Å². The fourth-order valence-corrected chi connectivity index (χ4v) is 3.58. The van der Waals surface area contributed by atoms with Gasteiger partial charge in [0.1, 0.15) is 23.7 Å². The van der Waals surface area contributed by atoms with E-state index >= 15 is 0 Å². The summed E-state index contributed by atoms with van der Waals surface area (Å²) in [6.45, 7) is 0.950. The van der Waals surface area contributed by atoms with Gasteiger partial charge in [-0.3, -0.25) is 9.78 Å². The van der Waals surface area contributed by atoms with Gasteiger partial charge in [-0.25, -0.2) is 9.37 Å². The van der Waals surface area contributed by atoms with Crippen LogP contribution < -0.4 is 14.8 Å². The van der Waals surface area contributed by atoms with Gasteiger partial charge in [-0.2, -0.15) is 0 Å². The van der Waals surface area contributed by atoms with Gasteiger partial charge in [0.25, 0.3) is 5.91 Å². The van der Waals surface area contributed by atoms with E-state index in [2.05, 4.69) is 15.3 Å². The van der Waals surface area contributed by atoms with Crippen LogP contribution in [0.25, 0.3) is 10.9 Å². The van der Waals surface area contributed by atoms with Crippen molar-refractivity contribution < 1.29 is 23.4 Å². The van der Waals surface area contributed by atoms with Crippen molar-refractivity contribution in [2.45, 2.75) is 13.0 Å². The number of nitrogens with zero attached hydrogens (tertiary/aromatic N) is 2. The van der Waals surface area contributed by atoms with Crippen molar-refractivity contribution in [3.8, 4) is 11.5 Å². The zero-order chi connectivity index (χ0) is 24.6. The van der Waals surface area contributed by atoms with Gasteiger partial charge >= 0.3 is 0 Å². The van der Waals surface area contributed by atoms with Gasteiger partial charge in [-0.1, -0.05) is 24.3 Å². The lowest BCUT2D eigenvalue weighted by Crippen LogP contribution is -2.28. The molecule has 0 aliphatic rings. The average molecular weight is 476 g/mol. The topological polar surface area (TPSA) is 82.6 Å². The van der Waals surface area contributed by atoms with Gasteiger partial charge in [-0.15, -0.1) is 0 Å². The Bertz CT molecular complexity index is 1290. The van der Waals surface area contributed by atoms with Gasteiger partial charge in [0, 0.05) is 31.4 Å². The van der Waals surface area contributed by atoms with Crippen molar-refractivity contribution in [1.29, 1.82) is 0 Å². The van der Waals surface area contributed by atoms with Gasteiger partial charge in [0.2, 0.25) is 0 Å². The van der Waals surface area contributed by atoms with E-state index < -0.39 is 0 Å². The van der Waals surface area contributed by atoms with Crippen LogP contribution in [0.15, 0.2) is 67.0 Å². The molecule has 7 nitrogen and oxygen atoms in total. The number of aromatic nitrogens is 2. The highest BCUT2D eigenvalue weighted by atomic mass is 19.1. The van der Waals surface area contributed by atoms with E-state index in [1.807, 2.05) is 30.3 Å². The van der Waals surface area contributed by atoms with Crippen molar-refractivity contribution in [3.05, 3.63) is 95.2 Å². The minimum absolute atomic E-state index is 0.154. The van der Waals surface area contributed by atoms with Crippen molar-refractivity contribution in [1.82, 2.24) is 15.3 Å². The number of carbonyl (C=O) groups excluding carboxylic acids is 1. The molecule has 0 saturated carbocycles. The maximum Gasteiger partial charge on any atom is 0.273 e. The van der Waals surface area contributed by atoms with Gasteiger partial charge < -0.3 is 19.5 Å². The molecular weight excluding hydrogens is 449 g/mol. The Hall–Kier alpha value is -4.04. The quantitative estimate of drug-likeness (QED) is 0.344. The molecule has 0 radical (unpaired) electrons. The van der Waals surface area contributed by atoms with E-state index in [0.29, 0.717) is 30.8 Å². The smallest absolute Gasteiger partial charge is 0.273 e. The van der Waals surface area contributed by atoms with Crippen LogP contribution in [0.2, 0.25) is 0 Å². The van der Waals surface area contributed by atoms with Crippen LogP contribution in [0.3, 0.4) is 0 Å². The third-order valence-corrected chi connectivity index (χ3v) is 5.41. The van der Waals surface area contributed by atoms with Crippen LogP contribution in [0, 0.1) is 5.82 Å². The number of hydrogen-bond donors (Lipinski definition) is 1. The third-order valence-electron chi connectivity index (χ3n) is 5.41. The number of hydrogen-bond acceptors (Lipinski definition) is 6. The first-order valence-corrected chi connectivity index (χ1v) is 11.1. The number of methoxy groups -OCH3 is 2. The summed E-state index contributed by atoms with van der Waals surface area (Å²) in [5.74, 6) is 0.408. The minimum atomic E-state index is -0.370. The van der Waals surface area contributed by atoms with Crippen LogP contribution in [0.4, 0.5) is 4.39 Å². The third kappa shape index (κ3) is 6.10. The molecule has 2 aromatic heterocycles. The lowest BCUT2D eigenvalue weighted by atomic mass is 10.0.